The van der Waals surface area contributed by atoms with Crippen LogP contribution in [0.25, 0.3) is 0 Å². The van der Waals surface area contributed by atoms with Gasteiger partial charge in [0.25, 0.3) is 0 Å². The van der Waals surface area contributed by atoms with Gasteiger partial charge >= 0.3 is 0 Å². The van der Waals surface area contributed by atoms with Gasteiger partial charge in [0.1, 0.15) is 0 Å². The van der Waals surface area contributed by atoms with Crippen molar-refractivity contribution >= 4 is 5.78 Å². The molecule has 28 heavy (non-hydrogen) atoms. The Hall–Kier alpha value is -0.850. The third kappa shape index (κ3) is 3.25. The molecule has 0 heterocycles. The van der Waals surface area contributed by atoms with Gasteiger partial charge in [0.2, 0.25) is 0 Å². The first-order valence-corrected chi connectivity index (χ1v) is 12.2. The summed E-state index contributed by atoms with van der Waals surface area (Å²) in [5.41, 5.74) is 2.12. The van der Waals surface area contributed by atoms with Crippen molar-refractivity contribution < 1.29 is 4.79 Å². The number of carbonyl (C=O) groups excluding carboxylic acids is 1. The zero-order valence-electron chi connectivity index (χ0n) is 19.0. The summed E-state index contributed by atoms with van der Waals surface area (Å²) < 4.78 is 0. The van der Waals surface area contributed by atoms with E-state index in [1.807, 2.05) is 6.08 Å². The molecule has 0 spiro atoms. The predicted octanol–water partition coefficient (Wildman–Crippen LogP) is 7.37. The molecule has 0 radical (unpaired) electrons. The molecule has 0 saturated heterocycles. The molecule has 0 aromatic heterocycles. The maximum atomic E-state index is 12.0. The Bertz CT molecular complexity index is 670. The zero-order chi connectivity index (χ0) is 20.1. The highest BCUT2D eigenvalue weighted by Crippen LogP contribution is 2.66. The van der Waals surface area contributed by atoms with Crippen LogP contribution in [-0.2, 0) is 4.79 Å². The van der Waals surface area contributed by atoms with E-state index in [1.165, 1.54) is 50.5 Å². The molecule has 2 saturated carbocycles. The number of hydrogen-bond donors (Lipinski definition) is 0. The smallest absolute Gasteiger partial charge is 0.156 e. The van der Waals surface area contributed by atoms with E-state index in [0.717, 1.165) is 48.3 Å². The first kappa shape index (κ1) is 20.4. The highest BCUT2D eigenvalue weighted by molar-refractivity contribution is 5.92. The number of rotatable bonds is 5. The fourth-order valence-electron chi connectivity index (χ4n) is 8.02. The molecule has 0 N–H and O–H groups in total. The summed E-state index contributed by atoms with van der Waals surface area (Å²) in [7, 11) is 0. The molecular weight excluding hydrogens is 340 g/mol. The van der Waals surface area contributed by atoms with Crippen LogP contribution in [0.1, 0.15) is 92.4 Å². The van der Waals surface area contributed by atoms with Crippen molar-refractivity contribution in [2.45, 2.75) is 92.4 Å². The average molecular weight is 383 g/mol. The topological polar surface area (TPSA) is 17.1 Å². The molecule has 0 unspecified atom stereocenters. The summed E-state index contributed by atoms with van der Waals surface area (Å²) in [5.74, 6) is 5.32. The molecule has 0 aromatic rings. The van der Waals surface area contributed by atoms with Crippen LogP contribution in [0.5, 0.6) is 0 Å². The molecule has 0 aliphatic heterocycles. The first-order chi connectivity index (χ1) is 13.3. The van der Waals surface area contributed by atoms with E-state index in [4.69, 9.17) is 0 Å². The minimum absolute atomic E-state index is 0.246. The second kappa shape index (κ2) is 7.44. The number of fused-ring (bicyclic) bond motifs is 5. The molecule has 0 bridgehead atoms. The van der Waals surface area contributed by atoms with Crippen LogP contribution in [0.4, 0.5) is 0 Å². The molecule has 4 rings (SSSR count). The third-order valence-corrected chi connectivity index (χ3v) is 9.72. The molecule has 1 heteroatoms. The predicted molar refractivity (Wildman–Crippen MR) is 118 cm³/mol. The molecule has 2 fully saturated rings. The molecule has 4 aliphatic carbocycles. The van der Waals surface area contributed by atoms with E-state index >= 15 is 0 Å². The summed E-state index contributed by atoms with van der Waals surface area (Å²) in [6, 6.07) is 0. The van der Waals surface area contributed by atoms with E-state index in [1.54, 1.807) is 0 Å². The van der Waals surface area contributed by atoms with Crippen LogP contribution in [-0.4, -0.2) is 5.78 Å². The average Bonchev–Trinajstić information content (AvgIpc) is 2.99. The normalized spacial score (nSPS) is 43.4. The van der Waals surface area contributed by atoms with Crippen molar-refractivity contribution in [3.63, 3.8) is 0 Å². The number of hydrogen-bond acceptors (Lipinski definition) is 1. The summed E-state index contributed by atoms with van der Waals surface area (Å²) in [6.45, 7) is 12.4. The van der Waals surface area contributed by atoms with Gasteiger partial charge in [-0.25, -0.2) is 0 Å². The number of carbonyl (C=O) groups is 1. The Labute approximate surface area is 173 Å². The van der Waals surface area contributed by atoms with Crippen molar-refractivity contribution in [1.82, 2.24) is 0 Å². The highest BCUT2D eigenvalue weighted by atomic mass is 16.1. The lowest BCUT2D eigenvalue weighted by molar-refractivity contribution is -0.116. The fourth-order valence-corrected chi connectivity index (χ4v) is 8.02. The molecule has 0 aromatic carbocycles. The van der Waals surface area contributed by atoms with Gasteiger partial charge in [0, 0.05) is 6.42 Å². The van der Waals surface area contributed by atoms with Gasteiger partial charge < -0.3 is 0 Å². The molecule has 7 atom stereocenters. The summed E-state index contributed by atoms with van der Waals surface area (Å²) >= 11 is 0. The monoisotopic (exact) mass is 382 g/mol. The largest absolute Gasteiger partial charge is 0.295 e. The second-order valence-electron chi connectivity index (χ2n) is 11.7. The van der Waals surface area contributed by atoms with E-state index in [2.05, 4.69) is 46.8 Å². The van der Waals surface area contributed by atoms with Crippen molar-refractivity contribution in [3.8, 4) is 0 Å². The van der Waals surface area contributed by atoms with Gasteiger partial charge in [-0.15, -0.1) is 0 Å². The molecule has 156 valence electrons. The lowest BCUT2D eigenvalue weighted by Crippen LogP contribution is -2.49. The lowest BCUT2D eigenvalue weighted by atomic mass is 9.48. The molecule has 1 nitrogen and oxygen atoms in total. The third-order valence-electron chi connectivity index (χ3n) is 9.72. The van der Waals surface area contributed by atoms with Crippen molar-refractivity contribution in [2.75, 3.05) is 0 Å². The van der Waals surface area contributed by atoms with Crippen LogP contribution < -0.4 is 0 Å². The van der Waals surface area contributed by atoms with Crippen molar-refractivity contribution in [3.05, 3.63) is 23.8 Å². The van der Waals surface area contributed by atoms with Gasteiger partial charge in [-0.3, -0.25) is 4.79 Å². The van der Waals surface area contributed by atoms with Crippen LogP contribution in [0, 0.1) is 46.3 Å². The van der Waals surface area contributed by atoms with Crippen LogP contribution >= 0.6 is 0 Å². The van der Waals surface area contributed by atoms with Crippen LogP contribution in [0.2, 0.25) is 0 Å². The number of ketones is 1. The van der Waals surface area contributed by atoms with Gasteiger partial charge in [0.15, 0.2) is 5.78 Å². The molecular formula is C27H42O. The van der Waals surface area contributed by atoms with Gasteiger partial charge in [-0.1, -0.05) is 66.0 Å². The Balaban J connectivity index is 1.53. The van der Waals surface area contributed by atoms with Gasteiger partial charge in [-0.2, -0.15) is 0 Å². The summed E-state index contributed by atoms with van der Waals surface area (Å²) in [4.78, 5) is 12.0. The van der Waals surface area contributed by atoms with E-state index in [9.17, 15) is 4.79 Å². The zero-order valence-corrected chi connectivity index (χ0v) is 19.0. The van der Waals surface area contributed by atoms with Gasteiger partial charge in [0.05, 0.1) is 0 Å². The Morgan fingerprint density at radius 1 is 1.04 bits per heavy atom. The van der Waals surface area contributed by atoms with E-state index < -0.39 is 0 Å². The van der Waals surface area contributed by atoms with Crippen LogP contribution in [0.15, 0.2) is 23.8 Å². The summed E-state index contributed by atoms with van der Waals surface area (Å²) in [5, 5.41) is 0. The number of allylic oxidation sites excluding steroid dienone is 4. The van der Waals surface area contributed by atoms with Crippen molar-refractivity contribution in [1.29, 1.82) is 0 Å². The highest BCUT2D eigenvalue weighted by Gasteiger charge is 2.58. The Morgan fingerprint density at radius 3 is 2.57 bits per heavy atom. The standard InChI is InChI=1S/C27H42O/c1-18(2)7-6-8-19(3)23-11-12-24-22-10-9-20-17-21(28)13-15-26(20,4)25(22)14-16-27(23,24)5/h9-10,17-19,22-25H,6-8,11-16H2,1-5H3/t19-,22-,23-,24+,25-,26+,27+/m0/s1. The summed E-state index contributed by atoms with van der Waals surface area (Å²) in [6.07, 6.45) is 18.5. The van der Waals surface area contributed by atoms with E-state index in [-0.39, 0.29) is 5.41 Å². The second-order valence-corrected chi connectivity index (χ2v) is 11.7. The quantitative estimate of drug-likeness (QED) is 0.485. The Kier molecular flexibility index (Phi) is 5.43. The lowest BCUT2D eigenvalue weighted by Gasteiger charge is -2.56. The first-order valence-electron chi connectivity index (χ1n) is 12.2. The van der Waals surface area contributed by atoms with Crippen LogP contribution in [0.3, 0.4) is 0 Å². The van der Waals surface area contributed by atoms with Crippen molar-refractivity contribution in [2.24, 2.45) is 46.3 Å². The van der Waals surface area contributed by atoms with Gasteiger partial charge in [-0.05, 0) is 90.1 Å². The SMILES string of the molecule is CC(C)CCC[C@H](C)[C@@H]1CC[C@@H]2[C@@H]3C=CC4=CC(=O)CC[C@@]4(C)[C@H]3CC[C@@]21C. The maximum absolute atomic E-state index is 12.0. The molecule has 0 amide bonds. The Morgan fingerprint density at radius 2 is 1.82 bits per heavy atom. The minimum atomic E-state index is 0.246. The fraction of sp³-hybridized carbons (Fsp3) is 0.815. The maximum Gasteiger partial charge on any atom is 0.156 e. The minimum Gasteiger partial charge on any atom is -0.295 e. The van der Waals surface area contributed by atoms with E-state index in [0.29, 0.717) is 11.2 Å². The molecule has 4 aliphatic rings.